The summed E-state index contributed by atoms with van der Waals surface area (Å²) < 4.78 is 9.21. The molecule has 0 radical (unpaired) electrons. The Morgan fingerprint density at radius 3 is 1.55 bits per heavy atom. The molecule has 8 heteroatoms. The molecule has 0 unspecified atom stereocenters. The van der Waals surface area contributed by atoms with Crippen LogP contribution < -0.4 is 10.6 Å². The summed E-state index contributed by atoms with van der Waals surface area (Å²) in [4.78, 5) is 47.1. The van der Waals surface area contributed by atoms with Gasteiger partial charge in [-0.05, 0) is 55.5 Å². The van der Waals surface area contributed by atoms with E-state index >= 15 is 0 Å². The van der Waals surface area contributed by atoms with Crippen LogP contribution in [0, 0.1) is 0 Å². The number of benzene rings is 2. The number of ether oxygens (including phenoxy) is 2. The number of anilines is 2. The molecular weight excluding hydrogens is 376 g/mol. The topological polar surface area (TPSA) is 111 Å². The van der Waals surface area contributed by atoms with E-state index in [4.69, 9.17) is 0 Å². The van der Waals surface area contributed by atoms with E-state index in [1.165, 1.54) is 45.4 Å². The molecule has 29 heavy (non-hydrogen) atoms. The average Bonchev–Trinajstić information content (AvgIpc) is 2.73. The minimum absolute atomic E-state index is 0.186. The van der Waals surface area contributed by atoms with Crippen LogP contribution >= 0.6 is 0 Å². The van der Waals surface area contributed by atoms with Crippen LogP contribution in [0.3, 0.4) is 0 Å². The summed E-state index contributed by atoms with van der Waals surface area (Å²) in [5.41, 5.74) is 1.83. The number of rotatable bonds is 6. The third-order valence-corrected chi connectivity index (χ3v) is 3.84. The van der Waals surface area contributed by atoms with Gasteiger partial charge < -0.3 is 20.1 Å². The van der Waals surface area contributed by atoms with E-state index in [1.54, 1.807) is 24.3 Å². The summed E-state index contributed by atoms with van der Waals surface area (Å²) >= 11 is 0. The SMILES string of the molecule is COC(=O)c1ccc(NC(=O)/C=C(\C)C(=O)Nc2ccc(C(=O)OC)cc2)cc1. The van der Waals surface area contributed by atoms with Crippen molar-refractivity contribution in [3.63, 3.8) is 0 Å². The first-order chi connectivity index (χ1) is 13.8. The minimum Gasteiger partial charge on any atom is -0.465 e. The van der Waals surface area contributed by atoms with Crippen LogP contribution in [-0.2, 0) is 19.1 Å². The summed E-state index contributed by atoms with van der Waals surface area (Å²) in [6.07, 6.45) is 1.16. The monoisotopic (exact) mass is 396 g/mol. The van der Waals surface area contributed by atoms with Crippen molar-refractivity contribution < 1.29 is 28.7 Å². The zero-order valence-electron chi connectivity index (χ0n) is 16.1. The van der Waals surface area contributed by atoms with Crippen molar-refractivity contribution in [3.05, 3.63) is 71.3 Å². The molecule has 0 aliphatic rings. The molecule has 2 aromatic carbocycles. The van der Waals surface area contributed by atoms with Crippen LogP contribution in [0.5, 0.6) is 0 Å². The molecule has 2 amide bonds. The minimum atomic E-state index is -0.496. The second-order valence-corrected chi connectivity index (χ2v) is 5.91. The first kappa shape index (κ1) is 21.4. The zero-order chi connectivity index (χ0) is 21.4. The molecule has 2 aromatic rings. The fraction of sp³-hybridized carbons (Fsp3) is 0.143. The van der Waals surface area contributed by atoms with Crippen molar-refractivity contribution in [2.75, 3.05) is 24.9 Å². The predicted octanol–water partition coefficient (Wildman–Crippen LogP) is 2.78. The van der Waals surface area contributed by atoms with Crippen molar-refractivity contribution in [2.24, 2.45) is 0 Å². The molecule has 0 aromatic heterocycles. The largest absolute Gasteiger partial charge is 0.465 e. The Balaban J connectivity index is 1.96. The van der Waals surface area contributed by atoms with Gasteiger partial charge in [-0.3, -0.25) is 9.59 Å². The second kappa shape index (κ2) is 9.84. The molecule has 0 heterocycles. The average molecular weight is 396 g/mol. The number of nitrogens with one attached hydrogen (secondary N) is 2. The lowest BCUT2D eigenvalue weighted by molar-refractivity contribution is -0.114. The Hall–Kier alpha value is -3.94. The first-order valence-electron chi connectivity index (χ1n) is 8.51. The van der Waals surface area contributed by atoms with E-state index in [1.807, 2.05) is 0 Å². The first-order valence-corrected chi connectivity index (χ1v) is 8.51. The molecular formula is C21H20N2O6. The predicted molar refractivity (Wildman–Crippen MR) is 107 cm³/mol. The van der Waals surface area contributed by atoms with Gasteiger partial charge in [0.1, 0.15) is 0 Å². The van der Waals surface area contributed by atoms with Gasteiger partial charge in [0.2, 0.25) is 5.91 Å². The number of methoxy groups -OCH3 is 2. The fourth-order valence-corrected chi connectivity index (χ4v) is 2.29. The molecule has 0 saturated carbocycles. The molecule has 150 valence electrons. The lowest BCUT2D eigenvalue weighted by Crippen LogP contribution is -2.16. The molecule has 0 saturated heterocycles. The summed E-state index contributed by atoms with van der Waals surface area (Å²) in [6.45, 7) is 1.50. The molecule has 0 spiro atoms. The Bertz CT molecular complexity index is 946. The van der Waals surface area contributed by atoms with Crippen LogP contribution in [-0.4, -0.2) is 38.0 Å². The molecule has 0 atom stereocenters. The Kier molecular flexibility index (Phi) is 7.25. The van der Waals surface area contributed by atoms with E-state index in [2.05, 4.69) is 20.1 Å². The third-order valence-electron chi connectivity index (χ3n) is 3.84. The maximum atomic E-state index is 12.2. The van der Waals surface area contributed by atoms with Crippen LogP contribution in [0.2, 0.25) is 0 Å². The van der Waals surface area contributed by atoms with Crippen molar-refractivity contribution in [1.29, 1.82) is 0 Å². The molecule has 0 aliphatic carbocycles. The standard InChI is InChI=1S/C21H20N2O6/c1-13(19(25)23-17-10-6-15(7-11-17)21(27)29-3)12-18(24)22-16-8-4-14(5-9-16)20(26)28-2/h4-12H,1-3H3,(H,22,24)(H,23,25)/b13-12+. The quantitative estimate of drug-likeness (QED) is 0.574. The molecule has 0 aliphatic heterocycles. The molecule has 8 nitrogen and oxygen atoms in total. The highest BCUT2D eigenvalue weighted by Gasteiger charge is 2.10. The Labute approximate surface area is 167 Å². The number of carbonyl (C=O) groups excluding carboxylic acids is 4. The summed E-state index contributed by atoms with van der Waals surface area (Å²) in [5.74, 6) is -1.92. The van der Waals surface area contributed by atoms with Gasteiger partial charge in [0.15, 0.2) is 0 Å². The van der Waals surface area contributed by atoms with Crippen molar-refractivity contribution >= 4 is 35.1 Å². The maximum absolute atomic E-state index is 12.2. The van der Waals surface area contributed by atoms with Gasteiger partial charge in [-0.1, -0.05) is 0 Å². The molecule has 2 N–H and O–H groups in total. The van der Waals surface area contributed by atoms with Crippen LogP contribution in [0.4, 0.5) is 11.4 Å². The number of carbonyl (C=O) groups is 4. The summed E-state index contributed by atoms with van der Waals surface area (Å²) in [7, 11) is 2.56. The molecule has 0 fully saturated rings. The van der Waals surface area contributed by atoms with Gasteiger partial charge in [0.05, 0.1) is 25.3 Å². The highest BCUT2D eigenvalue weighted by molar-refractivity contribution is 6.10. The zero-order valence-corrected chi connectivity index (χ0v) is 16.1. The third kappa shape index (κ3) is 6.03. The second-order valence-electron chi connectivity index (χ2n) is 5.91. The highest BCUT2D eigenvalue weighted by atomic mass is 16.5. The van der Waals surface area contributed by atoms with Gasteiger partial charge in [-0.15, -0.1) is 0 Å². The van der Waals surface area contributed by atoms with Crippen molar-refractivity contribution in [1.82, 2.24) is 0 Å². The van der Waals surface area contributed by atoms with E-state index in [9.17, 15) is 19.2 Å². The highest BCUT2D eigenvalue weighted by Crippen LogP contribution is 2.13. The van der Waals surface area contributed by atoms with Crippen LogP contribution in [0.15, 0.2) is 60.2 Å². The number of amides is 2. The van der Waals surface area contributed by atoms with E-state index in [0.717, 1.165) is 6.08 Å². The van der Waals surface area contributed by atoms with Crippen molar-refractivity contribution in [3.8, 4) is 0 Å². The van der Waals surface area contributed by atoms with Gasteiger partial charge in [-0.25, -0.2) is 9.59 Å². The van der Waals surface area contributed by atoms with E-state index in [-0.39, 0.29) is 5.57 Å². The van der Waals surface area contributed by atoms with Gasteiger partial charge in [0.25, 0.3) is 5.91 Å². The van der Waals surface area contributed by atoms with Gasteiger partial charge >= 0.3 is 11.9 Å². The molecule has 2 rings (SSSR count). The summed E-state index contributed by atoms with van der Waals surface area (Å²) in [6, 6.07) is 12.3. The van der Waals surface area contributed by atoms with Crippen LogP contribution in [0.1, 0.15) is 27.6 Å². The normalized spacial score (nSPS) is 10.7. The molecule has 0 bridgehead atoms. The van der Waals surface area contributed by atoms with E-state index < -0.39 is 23.8 Å². The Morgan fingerprint density at radius 2 is 1.14 bits per heavy atom. The number of hydrogen-bond acceptors (Lipinski definition) is 6. The number of hydrogen-bond donors (Lipinski definition) is 2. The van der Waals surface area contributed by atoms with Crippen molar-refractivity contribution in [2.45, 2.75) is 6.92 Å². The van der Waals surface area contributed by atoms with Gasteiger partial charge in [-0.2, -0.15) is 0 Å². The smallest absolute Gasteiger partial charge is 0.337 e. The van der Waals surface area contributed by atoms with E-state index in [0.29, 0.717) is 22.5 Å². The van der Waals surface area contributed by atoms with Crippen LogP contribution in [0.25, 0.3) is 0 Å². The lowest BCUT2D eigenvalue weighted by Gasteiger charge is -2.07. The summed E-state index contributed by atoms with van der Waals surface area (Å²) in [5, 5.41) is 5.23. The maximum Gasteiger partial charge on any atom is 0.337 e. The fourth-order valence-electron chi connectivity index (χ4n) is 2.29. The number of esters is 2. The Morgan fingerprint density at radius 1 is 0.724 bits per heavy atom. The van der Waals surface area contributed by atoms with Gasteiger partial charge in [0, 0.05) is 23.0 Å². The lowest BCUT2D eigenvalue weighted by atomic mass is 10.2.